The lowest BCUT2D eigenvalue weighted by molar-refractivity contribution is -0.113. The van der Waals surface area contributed by atoms with Gasteiger partial charge < -0.3 is 14.6 Å². The minimum absolute atomic E-state index is 0.170. The second-order valence-electron chi connectivity index (χ2n) is 5.73. The molecule has 0 aliphatic carbocycles. The van der Waals surface area contributed by atoms with Crippen molar-refractivity contribution >= 4 is 39.3 Å². The number of benzene rings is 2. The van der Waals surface area contributed by atoms with E-state index in [-0.39, 0.29) is 24.1 Å². The zero-order chi connectivity index (χ0) is 19.9. The van der Waals surface area contributed by atoms with Crippen LogP contribution in [0.4, 0.5) is 10.1 Å². The summed E-state index contributed by atoms with van der Waals surface area (Å²) in [5.74, 6) is 1.05. The van der Waals surface area contributed by atoms with Gasteiger partial charge in [0.25, 0.3) is 0 Å². The second kappa shape index (κ2) is 9.70. The van der Waals surface area contributed by atoms with Gasteiger partial charge in [0.1, 0.15) is 18.2 Å². The largest absolute Gasteiger partial charge is 0.486 e. The lowest BCUT2D eigenvalue weighted by atomic mass is 10.3. The fourth-order valence-electron chi connectivity index (χ4n) is 2.39. The standard InChI is InChI=1S/C19H18BrFN4O2S/c1-2-25-17(11-27-16-9-3-13(20)4-10-16)23-24-19(25)28-12-18(26)22-15-7-5-14(21)6-8-15/h3-10H,2,11-12H2,1H3,(H,22,26). The van der Waals surface area contributed by atoms with E-state index in [0.29, 0.717) is 23.2 Å². The van der Waals surface area contributed by atoms with E-state index >= 15 is 0 Å². The van der Waals surface area contributed by atoms with Crippen LogP contribution in [0.2, 0.25) is 0 Å². The van der Waals surface area contributed by atoms with Crippen molar-refractivity contribution in [3.63, 3.8) is 0 Å². The van der Waals surface area contributed by atoms with Crippen molar-refractivity contribution in [3.8, 4) is 5.75 Å². The molecule has 0 aliphatic heterocycles. The molecule has 1 aromatic heterocycles. The minimum Gasteiger partial charge on any atom is -0.486 e. The lowest BCUT2D eigenvalue weighted by Gasteiger charge is -2.09. The first kappa shape index (κ1) is 20.3. The van der Waals surface area contributed by atoms with Gasteiger partial charge in [-0.3, -0.25) is 4.79 Å². The quantitative estimate of drug-likeness (QED) is 0.496. The van der Waals surface area contributed by atoms with Crippen molar-refractivity contribution in [1.29, 1.82) is 0 Å². The Labute approximate surface area is 174 Å². The maximum atomic E-state index is 12.9. The number of carbonyl (C=O) groups excluding carboxylic acids is 1. The fourth-order valence-corrected chi connectivity index (χ4v) is 3.47. The van der Waals surface area contributed by atoms with Crippen molar-refractivity contribution in [3.05, 3.63) is 64.6 Å². The topological polar surface area (TPSA) is 69.0 Å². The normalized spacial score (nSPS) is 10.7. The highest BCUT2D eigenvalue weighted by Gasteiger charge is 2.14. The Morgan fingerprint density at radius 3 is 2.57 bits per heavy atom. The van der Waals surface area contributed by atoms with E-state index in [1.807, 2.05) is 35.8 Å². The Morgan fingerprint density at radius 2 is 1.89 bits per heavy atom. The van der Waals surface area contributed by atoms with Crippen LogP contribution < -0.4 is 10.1 Å². The van der Waals surface area contributed by atoms with Crippen LogP contribution in [0.3, 0.4) is 0 Å². The molecule has 0 aliphatic rings. The van der Waals surface area contributed by atoms with Crippen molar-refractivity contribution in [1.82, 2.24) is 14.8 Å². The molecular formula is C19H18BrFN4O2S. The van der Waals surface area contributed by atoms with Crippen LogP contribution in [0, 0.1) is 5.82 Å². The number of amides is 1. The van der Waals surface area contributed by atoms with E-state index in [9.17, 15) is 9.18 Å². The second-order valence-corrected chi connectivity index (χ2v) is 7.59. The predicted molar refractivity (Wildman–Crippen MR) is 110 cm³/mol. The van der Waals surface area contributed by atoms with Gasteiger partial charge in [-0.25, -0.2) is 4.39 Å². The minimum atomic E-state index is -0.346. The molecule has 0 atom stereocenters. The summed E-state index contributed by atoms with van der Waals surface area (Å²) in [7, 11) is 0. The van der Waals surface area contributed by atoms with Crippen molar-refractivity contribution < 1.29 is 13.9 Å². The van der Waals surface area contributed by atoms with E-state index in [4.69, 9.17) is 4.74 Å². The maximum absolute atomic E-state index is 12.9. The SMILES string of the molecule is CCn1c(COc2ccc(Br)cc2)nnc1SCC(=O)Nc1ccc(F)cc1. The van der Waals surface area contributed by atoms with Gasteiger partial charge in [-0.05, 0) is 55.5 Å². The van der Waals surface area contributed by atoms with E-state index in [2.05, 4.69) is 31.4 Å². The lowest BCUT2D eigenvalue weighted by Crippen LogP contribution is -2.15. The first-order valence-electron chi connectivity index (χ1n) is 8.54. The van der Waals surface area contributed by atoms with E-state index in [0.717, 1.165) is 10.2 Å². The molecule has 0 unspecified atom stereocenters. The number of nitrogens with one attached hydrogen (secondary N) is 1. The highest BCUT2D eigenvalue weighted by atomic mass is 79.9. The molecule has 0 saturated heterocycles. The molecular weight excluding hydrogens is 447 g/mol. The molecule has 0 saturated carbocycles. The summed E-state index contributed by atoms with van der Waals surface area (Å²) >= 11 is 4.67. The Kier molecular flexibility index (Phi) is 7.05. The number of hydrogen-bond acceptors (Lipinski definition) is 5. The molecule has 28 heavy (non-hydrogen) atoms. The van der Waals surface area contributed by atoms with Crippen LogP contribution >= 0.6 is 27.7 Å². The summed E-state index contributed by atoms with van der Waals surface area (Å²) in [4.78, 5) is 12.1. The van der Waals surface area contributed by atoms with Crippen LogP contribution in [0.1, 0.15) is 12.7 Å². The number of aromatic nitrogens is 3. The molecule has 6 nitrogen and oxygen atoms in total. The van der Waals surface area contributed by atoms with Crippen LogP contribution in [0.5, 0.6) is 5.75 Å². The summed E-state index contributed by atoms with van der Waals surface area (Å²) in [6.07, 6.45) is 0. The van der Waals surface area contributed by atoms with Gasteiger partial charge in [0.15, 0.2) is 11.0 Å². The van der Waals surface area contributed by atoms with Crippen molar-refractivity contribution in [2.45, 2.75) is 25.2 Å². The summed E-state index contributed by atoms with van der Waals surface area (Å²) < 4.78 is 21.6. The first-order valence-corrected chi connectivity index (χ1v) is 10.3. The summed E-state index contributed by atoms with van der Waals surface area (Å²) in [5.41, 5.74) is 0.549. The molecule has 3 aromatic rings. The van der Waals surface area contributed by atoms with Crippen LogP contribution in [-0.4, -0.2) is 26.4 Å². The number of anilines is 1. The van der Waals surface area contributed by atoms with Crippen LogP contribution in [0.15, 0.2) is 58.2 Å². The van der Waals surface area contributed by atoms with E-state index in [1.165, 1.54) is 36.0 Å². The van der Waals surface area contributed by atoms with Gasteiger partial charge in [0.2, 0.25) is 5.91 Å². The monoisotopic (exact) mass is 464 g/mol. The van der Waals surface area contributed by atoms with Crippen LogP contribution in [0.25, 0.3) is 0 Å². The predicted octanol–water partition coefficient (Wildman–Crippen LogP) is 4.51. The molecule has 3 rings (SSSR count). The molecule has 1 amide bonds. The molecule has 1 heterocycles. The Hall–Kier alpha value is -2.39. The molecule has 0 bridgehead atoms. The van der Waals surface area contributed by atoms with Gasteiger partial charge in [0, 0.05) is 16.7 Å². The number of halogens is 2. The third kappa shape index (κ3) is 5.56. The summed E-state index contributed by atoms with van der Waals surface area (Å²) in [6, 6.07) is 13.2. The molecule has 1 N–H and O–H groups in total. The number of rotatable bonds is 8. The van der Waals surface area contributed by atoms with Gasteiger partial charge >= 0.3 is 0 Å². The summed E-state index contributed by atoms with van der Waals surface area (Å²) in [5, 5.41) is 11.7. The Balaban J connectivity index is 1.56. The third-order valence-corrected chi connectivity index (χ3v) is 5.25. The van der Waals surface area contributed by atoms with Gasteiger partial charge in [-0.1, -0.05) is 27.7 Å². The average Bonchev–Trinajstić information content (AvgIpc) is 3.09. The molecule has 0 spiro atoms. The molecule has 146 valence electrons. The number of thioether (sulfide) groups is 1. The smallest absolute Gasteiger partial charge is 0.234 e. The Bertz CT molecular complexity index is 932. The zero-order valence-electron chi connectivity index (χ0n) is 15.1. The summed E-state index contributed by atoms with van der Waals surface area (Å²) in [6.45, 7) is 2.92. The Morgan fingerprint density at radius 1 is 1.18 bits per heavy atom. The number of nitrogens with zero attached hydrogens (tertiary/aromatic N) is 3. The first-order chi connectivity index (χ1) is 13.5. The number of carbonyl (C=O) groups is 1. The van der Waals surface area contributed by atoms with E-state index in [1.54, 1.807) is 0 Å². The average molecular weight is 465 g/mol. The fraction of sp³-hybridized carbons (Fsp3) is 0.211. The van der Waals surface area contributed by atoms with E-state index < -0.39 is 0 Å². The third-order valence-electron chi connectivity index (χ3n) is 3.75. The van der Waals surface area contributed by atoms with Gasteiger partial charge in [0.05, 0.1) is 5.75 Å². The van der Waals surface area contributed by atoms with Gasteiger partial charge in [-0.15, -0.1) is 10.2 Å². The molecule has 2 aromatic carbocycles. The van der Waals surface area contributed by atoms with Crippen molar-refractivity contribution in [2.75, 3.05) is 11.1 Å². The zero-order valence-corrected chi connectivity index (χ0v) is 17.5. The molecule has 0 radical (unpaired) electrons. The van der Waals surface area contributed by atoms with Crippen molar-refractivity contribution in [2.24, 2.45) is 0 Å². The maximum Gasteiger partial charge on any atom is 0.234 e. The molecule has 0 fully saturated rings. The van der Waals surface area contributed by atoms with Crippen LogP contribution in [-0.2, 0) is 17.9 Å². The number of hydrogen-bond donors (Lipinski definition) is 1. The highest BCUT2D eigenvalue weighted by Crippen LogP contribution is 2.20. The number of ether oxygens (including phenoxy) is 1. The van der Waals surface area contributed by atoms with Gasteiger partial charge in [-0.2, -0.15) is 0 Å². The highest BCUT2D eigenvalue weighted by molar-refractivity contribution is 9.10. The molecule has 9 heteroatoms.